The van der Waals surface area contributed by atoms with E-state index in [1.807, 2.05) is 0 Å². The van der Waals surface area contributed by atoms with Crippen molar-refractivity contribution in [2.24, 2.45) is 0 Å². The minimum atomic E-state index is -1.37. The van der Waals surface area contributed by atoms with Gasteiger partial charge in [0.2, 0.25) is 0 Å². The summed E-state index contributed by atoms with van der Waals surface area (Å²) in [7, 11) is 0. The molecule has 1 rings (SSSR count). The fourth-order valence-electron chi connectivity index (χ4n) is 0.622. The molecule has 4 heteroatoms. The summed E-state index contributed by atoms with van der Waals surface area (Å²) in [5.41, 5.74) is 0. The molecule has 0 aliphatic heterocycles. The largest absolute Gasteiger partial charge is 0.263 e. The maximum atomic E-state index is 12.4. The monoisotopic (exact) mass is 160 g/mol. The van der Waals surface area contributed by atoms with E-state index in [1.165, 1.54) is 6.07 Å². The molecule has 0 radical (unpaired) electrons. The van der Waals surface area contributed by atoms with Crippen LogP contribution in [0, 0.1) is 17.5 Å². The average molecular weight is 160 g/mol. The molecule has 0 atom stereocenters. The van der Waals surface area contributed by atoms with Crippen molar-refractivity contribution < 1.29 is 13.2 Å². The van der Waals surface area contributed by atoms with E-state index in [0.717, 1.165) is 6.07 Å². The van der Waals surface area contributed by atoms with Crippen molar-refractivity contribution in [3.05, 3.63) is 29.6 Å². The Bertz CT molecular complexity index is 232. The molecule has 0 fully saturated rings. The second-order valence-electron chi connectivity index (χ2n) is 1.99. The van der Waals surface area contributed by atoms with Crippen LogP contribution in [0.5, 0.6) is 0 Å². The maximum absolute atomic E-state index is 12.4. The Morgan fingerprint density at radius 3 is 2.10 bits per heavy atom. The molecule has 0 aliphatic carbocycles. The lowest BCUT2D eigenvalue weighted by Gasteiger charge is -1.96. The van der Waals surface area contributed by atoms with Gasteiger partial charge in [-0.2, -0.15) is 0 Å². The van der Waals surface area contributed by atoms with E-state index in [9.17, 15) is 13.2 Å². The van der Waals surface area contributed by atoms with E-state index in [2.05, 4.69) is 0 Å². The molecule has 0 bridgehead atoms. The Labute approximate surface area is 64.1 Å². The van der Waals surface area contributed by atoms with Gasteiger partial charge >= 0.3 is 0 Å². The highest BCUT2D eigenvalue weighted by molar-refractivity contribution is 6.32. The fourth-order valence-corrected chi connectivity index (χ4v) is 1.01. The van der Waals surface area contributed by atoms with Crippen molar-refractivity contribution in [1.29, 1.82) is 0 Å². The molecule has 0 saturated heterocycles. The first-order valence-electron chi connectivity index (χ1n) is 2.73. The summed E-state index contributed by atoms with van der Waals surface area (Å²) < 4.78 is 37.1. The van der Waals surface area contributed by atoms with E-state index >= 15 is 0 Å². The van der Waals surface area contributed by atoms with E-state index < -0.39 is 17.5 Å². The predicted octanol–water partition coefficient (Wildman–Crippen LogP) is 0.362. The van der Waals surface area contributed by atoms with Crippen LogP contribution in [0.25, 0.3) is 0 Å². The van der Waals surface area contributed by atoms with Gasteiger partial charge in [0.1, 0.15) is 5.82 Å². The van der Waals surface area contributed by atoms with Crippen LogP contribution in [0.4, 0.5) is 13.2 Å². The van der Waals surface area contributed by atoms with Crippen LogP contribution in [0.15, 0.2) is 12.1 Å². The molecule has 0 N–H and O–H groups in total. The molecule has 0 spiro atoms. The molecular formula is C6H4AlF3. The second-order valence-corrected chi connectivity index (χ2v) is 3.07. The number of halogens is 3. The normalized spacial score (nSPS) is 9.90. The summed E-state index contributed by atoms with van der Waals surface area (Å²) in [6.45, 7) is 0. The molecule has 0 unspecified atom stereocenters. The zero-order valence-electron chi connectivity index (χ0n) is 5.29. The standard InChI is InChI=1S/C6H2F3.Al.2H/c7-4-2-1-3-5(8)6(4)9;;;/h1-2H;;;. The van der Waals surface area contributed by atoms with Gasteiger partial charge in [0, 0.05) is 0 Å². The van der Waals surface area contributed by atoms with Crippen molar-refractivity contribution in [3.63, 3.8) is 0 Å². The van der Waals surface area contributed by atoms with Crippen molar-refractivity contribution in [3.8, 4) is 0 Å². The van der Waals surface area contributed by atoms with Gasteiger partial charge in [0.25, 0.3) is 16.3 Å². The molecule has 0 aliphatic rings. The Morgan fingerprint density at radius 1 is 1.00 bits per heavy atom. The minimum absolute atomic E-state index is 0.249. The van der Waals surface area contributed by atoms with Gasteiger partial charge in [0.15, 0.2) is 11.6 Å². The third-order valence-electron chi connectivity index (χ3n) is 1.23. The summed E-state index contributed by atoms with van der Waals surface area (Å²) in [5.74, 6) is -3.55. The molecule has 0 aromatic heterocycles. The van der Waals surface area contributed by atoms with Gasteiger partial charge < -0.3 is 0 Å². The molecule has 10 heavy (non-hydrogen) atoms. The second kappa shape index (κ2) is 2.65. The molecule has 1 aromatic carbocycles. The number of hydrogen-bond donors (Lipinski definition) is 0. The topological polar surface area (TPSA) is 0 Å². The first-order valence-corrected chi connectivity index (χ1v) is 3.73. The Morgan fingerprint density at radius 2 is 1.60 bits per heavy atom. The molecular weight excluding hydrogens is 156 g/mol. The number of rotatable bonds is 0. The van der Waals surface area contributed by atoms with Crippen LogP contribution < -0.4 is 4.43 Å². The van der Waals surface area contributed by atoms with Gasteiger partial charge in [-0.1, -0.05) is 10.5 Å². The summed E-state index contributed by atoms with van der Waals surface area (Å²) >= 11 is 0.391. The predicted molar refractivity (Wildman–Crippen MR) is 34.5 cm³/mol. The van der Waals surface area contributed by atoms with Gasteiger partial charge in [-0.25, -0.2) is 13.2 Å². The lowest BCUT2D eigenvalue weighted by Crippen LogP contribution is -2.11. The van der Waals surface area contributed by atoms with Gasteiger partial charge in [0.05, 0.1) is 0 Å². The van der Waals surface area contributed by atoms with Crippen molar-refractivity contribution in [2.75, 3.05) is 0 Å². The van der Waals surface area contributed by atoms with Crippen LogP contribution in [0.2, 0.25) is 0 Å². The first-order chi connectivity index (χ1) is 4.63. The Balaban J connectivity index is 3.34. The van der Waals surface area contributed by atoms with Gasteiger partial charge in [-0.05, 0) is 6.07 Å². The summed E-state index contributed by atoms with van der Waals surface area (Å²) in [6.07, 6.45) is 0. The van der Waals surface area contributed by atoms with Crippen molar-refractivity contribution >= 4 is 20.7 Å². The number of benzene rings is 1. The Kier molecular flexibility index (Phi) is 2.03. The van der Waals surface area contributed by atoms with Gasteiger partial charge in [-0.15, -0.1) is 0 Å². The highest BCUT2D eigenvalue weighted by Crippen LogP contribution is 2.05. The molecule has 0 saturated carbocycles. The van der Waals surface area contributed by atoms with Crippen LogP contribution in [-0.2, 0) is 0 Å². The van der Waals surface area contributed by atoms with E-state index in [1.54, 1.807) is 0 Å². The highest BCUT2D eigenvalue weighted by Gasteiger charge is 2.08. The maximum Gasteiger partial charge on any atom is 0.263 e. The van der Waals surface area contributed by atoms with E-state index in [0.29, 0.717) is 16.3 Å². The molecule has 52 valence electrons. The average Bonchev–Trinajstić information content (AvgIpc) is 1.93. The fraction of sp³-hybridized carbons (Fsp3) is 0. The summed E-state index contributed by atoms with van der Waals surface area (Å²) in [5, 5.41) is 0. The van der Waals surface area contributed by atoms with Crippen LogP contribution in [-0.4, -0.2) is 16.3 Å². The zero-order valence-corrected chi connectivity index (χ0v) is 7.29. The molecule has 0 heterocycles. The summed E-state index contributed by atoms with van der Waals surface area (Å²) in [4.78, 5) is 0. The quantitative estimate of drug-likeness (QED) is 0.379. The zero-order chi connectivity index (χ0) is 7.72. The van der Waals surface area contributed by atoms with Crippen molar-refractivity contribution in [1.82, 2.24) is 0 Å². The van der Waals surface area contributed by atoms with Crippen LogP contribution in [0.3, 0.4) is 0 Å². The third kappa shape index (κ3) is 1.18. The van der Waals surface area contributed by atoms with E-state index in [-0.39, 0.29) is 4.43 Å². The number of hydrogen-bond acceptors (Lipinski definition) is 0. The van der Waals surface area contributed by atoms with Gasteiger partial charge in [-0.3, -0.25) is 0 Å². The molecule has 0 amide bonds. The summed E-state index contributed by atoms with van der Waals surface area (Å²) in [6, 6.07) is 2.18. The van der Waals surface area contributed by atoms with Crippen LogP contribution >= 0.6 is 0 Å². The van der Waals surface area contributed by atoms with Crippen molar-refractivity contribution in [2.45, 2.75) is 0 Å². The molecule has 1 aromatic rings. The Hall–Kier alpha value is -0.458. The molecule has 0 nitrogen and oxygen atoms in total. The lowest BCUT2D eigenvalue weighted by molar-refractivity contribution is 0.451. The first kappa shape index (κ1) is 7.65. The van der Waals surface area contributed by atoms with E-state index in [4.69, 9.17) is 0 Å². The third-order valence-corrected chi connectivity index (χ3v) is 2.00. The smallest absolute Gasteiger partial charge is 0.205 e. The van der Waals surface area contributed by atoms with Crippen LogP contribution in [0.1, 0.15) is 0 Å². The lowest BCUT2D eigenvalue weighted by atomic mass is 10.3. The SMILES string of the molecule is Fc1cc[c]([AlH2])c(F)c1F. The minimum Gasteiger partial charge on any atom is -0.205 e. The highest BCUT2D eigenvalue weighted by atomic mass is 27.0.